The van der Waals surface area contributed by atoms with Crippen LogP contribution in [0.1, 0.15) is 47.4 Å². The second-order valence-corrected chi connectivity index (χ2v) is 6.58. The Morgan fingerprint density at radius 2 is 1.96 bits per heavy atom. The first kappa shape index (κ1) is 18.8. The highest BCUT2D eigenvalue weighted by Gasteiger charge is 2.19. The van der Waals surface area contributed by atoms with Crippen LogP contribution in [-0.4, -0.2) is 23.1 Å². The lowest BCUT2D eigenvalue weighted by molar-refractivity contribution is -0.125. The van der Waals surface area contributed by atoms with Crippen molar-refractivity contribution in [1.29, 1.82) is 0 Å². The maximum absolute atomic E-state index is 12.3. The number of nitrogens with one attached hydrogen (secondary N) is 1. The molecule has 0 aliphatic carbocycles. The molecule has 6 heteroatoms. The second-order valence-electron chi connectivity index (χ2n) is 6.58. The van der Waals surface area contributed by atoms with Crippen LogP contribution in [0.25, 0.3) is 11.0 Å². The van der Waals surface area contributed by atoms with E-state index in [1.54, 1.807) is 6.07 Å². The van der Waals surface area contributed by atoms with E-state index in [9.17, 15) is 9.59 Å². The van der Waals surface area contributed by atoms with E-state index in [-0.39, 0.29) is 18.6 Å². The molecule has 1 aromatic carbocycles. The summed E-state index contributed by atoms with van der Waals surface area (Å²) >= 11 is 0. The SMILES string of the molecule is CCn1c(C)cc(C(=O)OCC(=O)NC(C)c2cc3ccccc3o2)c1C. The van der Waals surface area contributed by atoms with E-state index in [1.807, 2.05) is 62.6 Å². The van der Waals surface area contributed by atoms with Crippen molar-refractivity contribution >= 4 is 22.8 Å². The fraction of sp³-hybridized carbons (Fsp3) is 0.333. The number of rotatable bonds is 6. The lowest BCUT2D eigenvalue weighted by Gasteiger charge is -2.11. The van der Waals surface area contributed by atoms with Gasteiger partial charge >= 0.3 is 5.97 Å². The first-order chi connectivity index (χ1) is 12.9. The molecular formula is C21H24N2O4. The van der Waals surface area contributed by atoms with E-state index in [4.69, 9.17) is 9.15 Å². The van der Waals surface area contributed by atoms with Gasteiger partial charge in [0.25, 0.3) is 5.91 Å². The summed E-state index contributed by atoms with van der Waals surface area (Å²) in [5.74, 6) is -0.211. The van der Waals surface area contributed by atoms with E-state index in [2.05, 4.69) is 5.32 Å². The molecule has 0 bridgehead atoms. The highest BCUT2D eigenvalue weighted by Crippen LogP contribution is 2.23. The van der Waals surface area contributed by atoms with Gasteiger partial charge in [0.1, 0.15) is 11.3 Å². The molecule has 0 radical (unpaired) electrons. The zero-order valence-corrected chi connectivity index (χ0v) is 16.0. The first-order valence-corrected chi connectivity index (χ1v) is 9.02. The molecule has 0 aliphatic rings. The molecule has 142 valence electrons. The molecule has 0 saturated carbocycles. The number of hydrogen-bond donors (Lipinski definition) is 1. The molecule has 27 heavy (non-hydrogen) atoms. The molecular weight excluding hydrogens is 344 g/mol. The number of carbonyl (C=O) groups is 2. The Morgan fingerprint density at radius 3 is 2.63 bits per heavy atom. The molecule has 1 amide bonds. The van der Waals surface area contributed by atoms with Crippen molar-refractivity contribution in [3.8, 4) is 0 Å². The van der Waals surface area contributed by atoms with Crippen molar-refractivity contribution in [2.75, 3.05) is 6.61 Å². The van der Waals surface area contributed by atoms with E-state index >= 15 is 0 Å². The molecule has 3 aromatic rings. The number of carbonyl (C=O) groups excluding carboxylic acids is 2. The summed E-state index contributed by atoms with van der Waals surface area (Å²) in [6, 6.07) is 11.0. The van der Waals surface area contributed by atoms with Crippen LogP contribution in [0.2, 0.25) is 0 Å². The number of esters is 1. The quantitative estimate of drug-likeness (QED) is 0.670. The lowest BCUT2D eigenvalue weighted by Crippen LogP contribution is -2.31. The Hall–Kier alpha value is -3.02. The summed E-state index contributed by atoms with van der Waals surface area (Å²) < 4.78 is 13.0. The van der Waals surface area contributed by atoms with E-state index in [0.717, 1.165) is 28.9 Å². The van der Waals surface area contributed by atoms with Crippen LogP contribution in [0.3, 0.4) is 0 Å². The van der Waals surface area contributed by atoms with Gasteiger partial charge in [0, 0.05) is 23.3 Å². The molecule has 0 saturated heterocycles. The maximum atomic E-state index is 12.3. The summed E-state index contributed by atoms with van der Waals surface area (Å²) in [7, 11) is 0. The van der Waals surface area contributed by atoms with Crippen molar-refractivity contribution < 1.29 is 18.7 Å². The largest absolute Gasteiger partial charge is 0.459 e. The zero-order chi connectivity index (χ0) is 19.6. The minimum atomic E-state index is -0.491. The van der Waals surface area contributed by atoms with Crippen molar-refractivity contribution in [3.05, 3.63) is 59.1 Å². The smallest absolute Gasteiger partial charge is 0.340 e. The van der Waals surface area contributed by atoms with Crippen LogP contribution in [0, 0.1) is 13.8 Å². The summed E-state index contributed by atoms with van der Waals surface area (Å²) in [5.41, 5.74) is 3.10. The Morgan fingerprint density at radius 1 is 1.22 bits per heavy atom. The number of fused-ring (bicyclic) bond motifs is 1. The Bertz CT molecular complexity index is 950. The van der Waals surface area contributed by atoms with E-state index in [0.29, 0.717) is 11.3 Å². The van der Waals surface area contributed by atoms with Gasteiger partial charge in [-0.05, 0) is 45.9 Å². The summed E-state index contributed by atoms with van der Waals surface area (Å²) in [5, 5.41) is 3.77. The normalized spacial score (nSPS) is 12.1. The number of nitrogens with zero attached hydrogens (tertiary/aromatic N) is 1. The van der Waals surface area contributed by atoms with Crippen molar-refractivity contribution in [3.63, 3.8) is 0 Å². The van der Waals surface area contributed by atoms with Gasteiger partial charge in [-0.1, -0.05) is 18.2 Å². The van der Waals surface area contributed by atoms with Gasteiger partial charge in [-0.15, -0.1) is 0 Å². The van der Waals surface area contributed by atoms with Gasteiger partial charge in [-0.2, -0.15) is 0 Å². The third-order valence-electron chi connectivity index (χ3n) is 4.69. The topological polar surface area (TPSA) is 73.5 Å². The van der Waals surface area contributed by atoms with Crippen molar-refractivity contribution in [2.24, 2.45) is 0 Å². The molecule has 1 atom stereocenters. The fourth-order valence-electron chi connectivity index (χ4n) is 3.27. The number of ether oxygens (including phenoxy) is 1. The van der Waals surface area contributed by atoms with Gasteiger partial charge in [-0.3, -0.25) is 4.79 Å². The predicted molar refractivity (Wildman–Crippen MR) is 103 cm³/mol. The Kier molecular flexibility index (Phi) is 5.35. The number of para-hydroxylation sites is 1. The first-order valence-electron chi connectivity index (χ1n) is 9.02. The number of benzene rings is 1. The van der Waals surface area contributed by atoms with Crippen LogP contribution in [0.15, 0.2) is 40.8 Å². The fourth-order valence-corrected chi connectivity index (χ4v) is 3.27. The molecule has 6 nitrogen and oxygen atoms in total. The average Bonchev–Trinajstić information content (AvgIpc) is 3.20. The van der Waals surface area contributed by atoms with Crippen molar-refractivity contribution in [2.45, 2.75) is 40.3 Å². The minimum absolute atomic E-state index is 0.325. The second kappa shape index (κ2) is 7.70. The van der Waals surface area contributed by atoms with Gasteiger partial charge in [0.15, 0.2) is 6.61 Å². The number of aryl methyl sites for hydroxylation is 1. The summed E-state index contributed by atoms with van der Waals surface area (Å²) in [4.78, 5) is 24.4. The average molecular weight is 368 g/mol. The van der Waals surface area contributed by atoms with Crippen LogP contribution in [0.5, 0.6) is 0 Å². The highest BCUT2D eigenvalue weighted by molar-refractivity contribution is 5.92. The lowest BCUT2D eigenvalue weighted by atomic mass is 10.2. The monoisotopic (exact) mass is 368 g/mol. The van der Waals surface area contributed by atoms with Crippen LogP contribution in [-0.2, 0) is 16.1 Å². The number of furan rings is 1. The molecule has 1 unspecified atom stereocenters. The molecule has 2 aromatic heterocycles. The Labute approximate surface area is 158 Å². The highest BCUT2D eigenvalue weighted by atomic mass is 16.5. The Balaban J connectivity index is 1.58. The summed E-state index contributed by atoms with van der Waals surface area (Å²) in [6.07, 6.45) is 0. The molecule has 0 fully saturated rings. The van der Waals surface area contributed by atoms with E-state index in [1.165, 1.54) is 0 Å². The number of amides is 1. The van der Waals surface area contributed by atoms with Crippen LogP contribution < -0.4 is 5.32 Å². The van der Waals surface area contributed by atoms with Crippen LogP contribution >= 0.6 is 0 Å². The summed E-state index contributed by atoms with van der Waals surface area (Å²) in [6.45, 7) is 8.10. The zero-order valence-electron chi connectivity index (χ0n) is 16.0. The number of hydrogen-bond acceptors (Lipinski definition) is 4. The van der Waals surface area contributed by atoms with Crippen LogP contribution in [0.4, 0.5) is 0 Å². The van der Waals surface area contributed by atoms with Crippen molar-refractivity contribution in [1.82, 2.24) is 9.88 Å². The van der Waals surface area contributed by atoms with E-state index < -0.39 is 5.97 Å². The van der Waals surface area contributed by atoms with Gasteiger partial charge in [0.2, 0.25) is 0 Å². The molecule has 0 aliphatic heterocycles. The molecule has 1 N–H and O–H groups in total. The maximum Gasteiger partial charge on any atom is 0.340 e. The predicted octanol–water partition coefficient (Wildman–Crippen LogP) is 3.91. The van der Waals surface area contributed by atoms with Gasteiger partial charge < -0.3 is 19.0 Å². The third kappa shape index (κ3) is 3.89. The third-order valence-corrected chi connectivity index (χ3v) is 4.69. The number of aromatic nitrogens is 1. The molecule has 2 heterocycles. The molecule has 3 rings (SSSR count). The molecule has 0 spiro atoms. The van der Waals surface area contributed by atoms with Gasteiger partial charge in [-0.25, -0.2) is 4.79 Å². The minimum Gasteiger partial charge on any atom is -0.459 e. The van der Waals surface area contributed by atoms with Gasteiger partial charge in [0.05, 0.1) is 11.6 Å². The standard InChI is InChI=1S/C21H24N2O4/c1-5-23-13(2)10-17(15(23)4)21(25)26-12-20(24)22-14(3)19-11-16-8-6-7-9-18(16)27-19/h6-11,14H,5,12H2,1-4H3,(H,22,24).